The number of nitrogens with one attached hydrogen (secondary N) is 1. The van der Waals surface area contributed by atoms with Crippen LogP contribution in [0.15, 0.2) is 72.8 Å². The highest BCUT2D eigenvalue weighted by atomic mass is 16.6. The third kappa shape index (κ3) is 7.60. The second kappa shape index (κ2) is 13.7. The highest BCUT2D eigenvalue weighted by Crippen LogP contribution is 2.28. The first-order valence-electron chi connectivity index (χ1n) is 13.1. The molecule has 198 valence electrons. The Morgan fingerprint density at radius 3 is 2.45 bits per heavy atom. The predicted molar refractivity (Wildman–Crippen MR) is 150 cm³/mol. The normalized spacial score (nSPS) is 14.3. The average molecular weight is 514 g/mol. The number of likely N-dealkylation sites (tertiary alicyclic amines) is 1. The molecule has 0 saturated carbocycles. The number of aldehydes is 2. The molecule has 1 fully saturated rings. The van der Waals surface area contributed by atoms with E-state index in [9.17, 15) is 14.4 Å². The maximum Gasteiger partial charge on any atom is 0.411 e. The molecular weight excluding hydrogens is 478 g/mol. The van der Waals surface area contributed by atoms with Crippen LogP contribution in [0.25, 0.3) is 11.1 Å². The van der Waals surface area contributed by atoms with Crippen LogP contribution in [0, 0.1) is 0 Å². The number of piperidine rings is 1. The minimum Gasteiger partial charge on any atom is -0.446 e. The van der Waals surface area contributed by atoms with Crippen LogP contribution in [-0.4, -0.2) is 74.3 Å². The summed E-state index contributed by atoms with van der Waals surface area (Å²) in [7, 11) is 2.08. The lowest BCUT2D eigenvalue weighted by molar-refractivity contribution is 0.0565. The average Bonchev–Trinajstić information content (AvgIpc) is 2.96. The summed E-state index contributed by atoms with van der Waals surface area (Å²) in [5, 5.41) is 2.93. The highest BCUT2D eigenvalue weighted by molar-refractivity contribution is 5.91. The van der Waals surface area contributed by atoms with Crippen LogP contribution in [0.2, 0.25) is 0 Å². The van der Waals surface area contributed by atoms with Crippen molar-refractivity contribution >= 4 is 24.4 Å². The smallest absolute Gasteiger partial charge is 0.411 e. The van der Waals surface area contributed by atoms with Gasteiger partial charge in [-0.15, -0.1) is 0 Å². The van der Waals surface area contributed by atoms with Gasteiger partial charge >= 0.3 is 6.09 Å². The van der Waals surface area contributed by atoms with Gasteiger partial charge in [-0.2, -0.15) is 0 Å². The van der Waals surface area contributed by atoms with Crippen molar-refractivity contribution in [1.29, 1.82) is 0 Å². The van der Waals surface area contributed by atoms with E-state index in [1.165, 1.54) is 0 Å². The lowest BCUT2D eigenvalue weighted by Gasteiger charge is -2.32. The van der Waals surface area contributed by atoms with E-state index in [1.807, 2.05) is 60.7 Å². The molecule has 38 heavy (non-hydrogen) atoms. The lowest BCUT2D eigenvalue weighted by atomic mass is 10.0. The Hall–Kier alpha value is -3.81. The van der Waals surface area contributed by atoms with Gasteiger partial charge in [0.2, 0.25) is 0 Å². The highest BCUT2D eigenvalue weighted by Gasteiger charge is 2.23. The summed E-state index contributed by atoms with van der Waals surface area (Å²) in [6, 6.07) is 23.0. The van der Waals surface area contributed by atoms with Gasteiger partial charge in [0.15, 0.2) is 0 Å². The molecule has 7 nitrogen and oxygen atoms in total. The maximum atomic E-state index is 12.6. The first-order valence-corrected chi connectivity index (χ1v) is 13.1. The fourth-order valence-corrected chi connectivity index (χ4v) is 4.76. The zero-order valence-corrected chi connectivity index (χ0v) is 21.8. The number of para-hydroxylation sites is 1. The number of anilines is 1. The molecule has 1 saturated heterocycles. The van der Waals surface area contributed by atoms with Crippen LogP contribution in [0.5, 0.6) is 0 Å². The van der Waals surface area contributed by atoms with Gasteiger partial charge in [-0.3, -0.25) is 14.9 Å². The van der Waals surface area contributed by atoms with Gasteiger partial charge in [0.1, 0.15) is 18.7 Å². The van der Waals surface area contributed by atoms with Crippen LogP contribution in [-0.2, 0) is 11.2 Å². The van der Waals surface area contributed by atoms with Crippen molar-refractivity contribution in [3.05, 3.63) is 89.5 Å². The SMILES string of the molecule is CN(CCc1ccc(C=O)cc1C=O)CCN1CCC(OC(=O)Nc2ccccc2-c2ccccc2)CC1. The number of nitrogens with zero attached hydrogens (tertiary/aromatic N) is 2. The number of rotatable bonds is 11. The van der Waals surface area contributed by atoms with E-state index in [2.05, 4.69) is 22.2 Å². The predicted octanol–water partition coefficient (Wildman–Crippen LogP) is 5.17. The number of carbonyl (C=O) groups excluding carboxylic acids is 3. The molecule has 0 unspecified atom stereocenters. The third-order valence-corrected chi connectivity index (χ3v) is 7.05. The summed E-state index contributed by atoms with van der Waals surface area (Å²) in [4.78, 5) is 39.6. The number of benzene rings is 3. The zero-order chi connectivity index (χ0) is 26.7. The Kier molecular flexibility index (Phi) is 9.78. The molecule has 1 heterocycles. The monoisotopic (exact) mass is 513 g/mol. The summed E-state index contributed by atoms with van der Waals surface area (Å²) in [6.07, 6.45) is 3.44. The van der Waals surface area contributed by atoms with E-state index in [0.717, 1.165) is 86.9 Å². The number of likely N-dealkylation sites (N-methyl/N-ethyl adjacent to an activating group) is 1. The number of ether oxygens (including phenoxy) is 1. The number of carbonyl (C=O) groups is 3. The van der Waals surface area contributed by atoms with Crippen LogP contribution < -0.4 is 5.32 Å². The molecule has 0 bridgehead atoms. The van der Waals surface area contributed by atoms with Crippen LogP contribution in [0.1, 0.15) is 39.1 Å². The van der Waals surface area contributed by atoms with Gasteiger partial charge in [0.25, 0.3) is 0 Å². The van der Waals surface area contributed by atoms with Crippen LogP contribution in [0.3, 0.4) is 0 Å². The summed E-state index contributed by atoms with van der Waals surface area (Å²) in [6.45, 7) is 4.44. The van der Waals surface area contributed by atoms with Crippen molar-refractivity contribution in [2.75, 3.05) is 45.1 Å². The molecule has 7 heteroatoms. The summed E-state index contributed by atoms with van der Waals surface area (Å²) >= 11 is 0. The van der Waals surface area contributed by atoms with Gasteiger partial charge < -0.3 is 14.5 Å². The van der Waals surface area contributed by atoms with Crippen LogP contribution in [0.4, 0.5) is 10.5 Å². The van der Waals surface area contributed by atoms with Crippen molar-refractivity contribution in [1.82, 2.24) is 9.80 Å². The Morgan fingerprint density at radius 2 is 1.71 bits per heavy atom. The molecule has 3 aromatic carbocycles. The standard InChI is InChI=1S/C31H35N3O4/c1-33(16-13-25-12-11-24(22-35)21-27(25)23-36)19-20-34-17-14-28(15-18-34)38-31(37)32-30-10-6-5-9-29(30)26-7-3-2-4-8-26/h2-12,21-23,28H,13-20H2,1H3,(H,32,37). The molecule has 1 aliphatic heterocycles. The lowest BCUT2D eigenvalue weighted by Crippen LogP contribution is -2.42. The van der Waals surface area contributed by atoms with E-state index in [4.69, 9.17) is 4.74 Å². The number of amides is 1. The van der Waals surface area contributed by atoms with E-state index in [-0.39, 0.29) is 6.10 Å². The van der Waals surface area contributed by atoms with E-state index in [0.29, 0.717) is 11.1 Å². The molecule has 1 amide bonds. The van der Waals surface area contributed by atoms with Crippen molar-refractivity contribution < 1.29 is 19.1 Å². The minimum absolute atomic E-state index is 0.0935. The molecule has 1 N–H and O–H groups in total. The molecule has 0 atom stereocenters. The largest absolute Gasteiger partial charge is 0.446 e. The molecule has 0 spiro atoms. The van der Waals surface area contributed by atoms with Crippen molar-refractivity contribution in [3.63, 3.8) is 0 Å². The Bertz CT molecular complexity index is 1220. The van der Waals surface area contributed by atoms with Crippen molar-refractivity contribution in [3.8, 4) is 11.1 Å². The number of hydrogen-bond donors (Lipinski definition) is 1. The van der Waals surface area contributed by atoms with Crippen molar-refractivity contribution in [2.45, 2.75) is 25.4 Å². The van der Waals surface area contributed by atoms with Gasteiger partial charge in [-0.25, -0.2) is 4.79 Å². The first kappa shape index (κ1) is 27.2. The first-order chi connectivity index (χ1) is 18.6. The fraction of sp³-hybridized carbons (Fsp3) is 0.323. The van der Waals surface area contributed by atoms with Gasteiger partial charge in [0.05, 0.1) is 5.69 Å². The van der Waals surface area contributed by atoms with Crippen molar-refractivity contribution in [2.24, 2.45) is 0 Å². The molecule has 3 aromatic rings. The van der Waals surface area contributed by atoms with E-state index >= 15 is 0 Å². The number of hydrogen-bond acceptors (Lipinski definition) is 6. The van der Waals surface area contributed by atoms with E-state index < -0.39 is 6.09 Å². The quantitative estimate of drug-likeness (QED) is 0.357. The van der Waals surface area contributed by atoms with Gasteiger partial charge in [-0.05, 0) is 49.6 Å². The Morgan fingerprint density at radius 1 is 0.974 bits per heavy atom. The zero-order valence-electron chi connectivity index (χ0n) is 21.8. The second-order valence-electron chi connectivity index (χ2n) is 9.73. The van der Waals surface area contributed by atoms with Crippen LogP contribution >= 0.6 is 0 Å². The Balaban J connectivity index is 1.18. The summed E-state index contributed by atoms with van der Waals surface area (Å²) in [5.74, 6) is 0. The Labute approximate surface area is 224 Å². The summed E-state index contributed by atoms with van der Waals surface area (Å²) < 4.78 is 5.75. The molecule has 4 rings (SSSR count). The maximum absolute atomic E-state index is 12.6. The molecule has 0 aliphatic carbocycles. The second-order valence-corrected chi connectivity index (χ2v) is 9.73. The third-order valence-electron chi connectivity index (χ3n) is 7.05. The van der Waals surface area contributed by atoms with Gasteiger partial charge in [-0.1, -0.05) is 60.7 Å². The summed E-state index contributed by atoms with van der Waals surface area (Å²) in [5.41, 5.74) is 4.80. The molecule has 0 aromatic heterocycles. The topological polar surface area (TPSA) is 79.0 Å². The molecule has 0 radical (unpaired) electrons. The minimum atomic E-state index is -0.414. The fourth-order valence-electron chi connectivity index (χ4n) is 4.76. The molecule has 1 aliphatic rings. The van der Waals surface area contributed by atoms with E-state index in [1.54, 1.807) is 12.1 Å². The molecular formula is C31H35N3O4. The van der Waals surface area contributed by atoms with Gasteiger partial charge in [0, 0.05) is 49.4 Å².